The van der Waals surface area contributed by atoms with Gasteiger partial charge >= 0.3 is 0 Å². The van der Waals surface area contributed by atoms with Gasteiger partial charge in [0, 0.05) is 10.0 Å². The number of nitrogens with zero attached hydrogens (tertiary/aromatic N) is 1. The van der Waals surface area contributed by atoms with Gasteiger partial charge in [-0.05, 0) is 24.6 Å². The van der Waals surface area contributed by atoms with Gasteiger partial charge in [-0.15, -0.1) is 0 Å². The van der Waals surface area contributed by atoms with Gasteiger partial charge in [0.1, 0.15) is 0 Å². The fraction of sp³-hybridized carbons (Fsp3) is 0.364. The fourth-order valence-electron chi connectivity index (χ4n) is 1.56. The minimum atomic E-state index is -2.71. The van der Waals surface area contributed by atoms with E-state index in [9.17, 15) is 13.6 Å². The zero-order valence-corrected chi connectivity index (χ0v) is 10.2. The highest BCUT2D eigenvalue weighted by Gasteiger charge is 2.46. The number of amides is 1. The third-order valence-corrected chi connectivity index (χ3v) is 3.40. The number of carbonyl (C=O) groups excluding carboxylic acids is 1. The number of alkyl halides is 2. The van der Waals surface area contributed by atoms with Crippen molar-refractivity contribution in [2.24, 2.45) is 0 Å². The van der Waals surface area contributed by atoms with Crippen LogP contribution in [-0.4, -0.2) is 29.8 Å². The second-order valence-electron chi connectivity index (χ2n) is 3.98. The molecule has 86 valence electrons. The maximum atomic E-state index is 12.6. The molecule has 0 spiro atoms. The molecule has 0 N–H and O–H groups in total. The third-order valence-electron chi connectivity index (χ3n) is 2.55. The molecule has 1 aliphatic heterocycles. The van der Waals surface area contributed by atoms with E-state index in [0.717, 1.165) is 14.9 Å². The molecule has 1 aromatic rings. The Morgan fingerprint density at radius 3 is 2.56 bits per heavy atom. The van der Waals surface area contributed by atoms with E-state index in [1.807, 2.05) is 6.92 Å². The van der Waals surface area contributed by atoms with Gasteiger partial charge in [-0.25, -0.2) is 8.78 Å². The average Bonchev–Trinajstić information content (AvgIpc) is 2.17. The number of aryl methyl sites for hydroxylation is 1. The first-order chi connectivity index (χ1) is 7.39. The summed E-state index contributed by atoms with van der Waals surface area (Å²) in [7, 11) is 0. The van der Waals surface area contributed by atoms with Crippen LogP contribution >= 0.6 is 15.9 Å². The van der Waals surface area contributed by atoms with Crippen LogP contribution in [0.3, 0.4) is 0 Å². The molecule has 1 aromatic carbocycles. The average molecular weight is 290 g/mol. The number of hydrogen-bond acceptors (Lipinski definition) is 1. The Bertz CT molecular complexity index is 440. The molecule has 1 amide bonds. The third kappa shape index (κ3) is 2.09. The molecule has 0 unspecified atom stereocenters. The molecule has 1 saturated heterocycles. The van der Waals surface area contributed by atoms with E-state index in [0.29, 0.717) is 5.56 Å². The van der Waals surface area contributed by atoms with Crippen molar-refractivity contribution >= 4 is 21.8 Å². The van der Waals surface area contributed by atoms with Crippen molar-refractivity contribution < 1.29 is 13.6 Å². The largest absolute Gasteiger partial charge is 0.326 e. The smallest absolute Gasteiger partial charge is 0.282 e. The molecular weight excluding hydrogens is 280 g/mol. The summed E-state index contributed by atoms with van der Waals surface area (Å²) in [5.74, 6) is -3.05. The maximum absolute atomic E-state index is 12.6. The van der Waals surface area contributed by atoms with Crippen LogP contribution in [0.4, 0.5) is 8.78 Å². The van der Waals surface area contributed by atoms with Gasteiger partial charge in [0.25, 0.3) is 11.8 Å². The molecule has 0 aliphatic carbocycles. The number of halogens is 3. The molecular formula is C11H10BrF2NO. The molecule has 16 heavy (non-hydrogen) atoms. The lowest BCUT2D eigenvalue weighted by molar-refractivity contribution is -0.113. The van der Waals surface area contributed by atoms with E-state index in [2.05, 4.69) is 15.9 Å². The van der Waals surface area contributed by atoms with Gasteiger partial charge < -0.3 is 4.90 Å². The standard InChI is InChI=1S/C11H10BrF2NO/c1-7-2-3-8(4-9(7)12)10(16)15-5-11(13,14)6-15/h2-4H,5-6H2,1H3. The lowest BCUT2D eigenvalue weighted by atomic mass is 10.1. The summed E-state index contributed by atoms with van der Waals surface area (Å²) in [6.07, 6.45) is 0. The van der Waals surface area contributed by atoms with Gasteiger partial charge in [-0.2, -0.15) is 0 Å². The summed E-state index contributed by atoms with van der Waals surface area (Å²) >= 11 is 3.31. The first-order valence-corrected chi connectivity index (χ1v) is 5.62. The van der Waals surface area contributed by atoms with E-state index in [1.54, 1.807) is 18.2 Å². The highest BCUT2D eigenvalue weighted by molar-refractivity contribution is 9.10. The Morgan fingerprint density at radius 2 is 2.06 bits per heavy atom. The highest BCUT2D eigenvalue weighted by Crippen LogP contribution is 2.28. The number of likely N-dealkylation sites (tertiary alicyclic amines) is 1. The Balaban J connectivity index is 2.13. The number of carbonyl (C=O) groups is 1. The summed E-state index contributed by atoms with van der Waals surface area (Å²) in [5, 5.41) is 0. The fourth-order valence-corrected chi connectivity index (χ4v) is 1.94. The van der Waals surface area contributed by atoms with Crippen molar-refractivity contribution in [3.05, 3.63) is 33.8 Å². The summed E-state index contributed by atoms with van der Waals surface area (Å²) in [6.45, 7) is 0.949. The molecule has 5 heteroatoms. The van der Waals surface area contributed by atoms with Crippen LogP contribution in [0.2, 0.25) is 0 Å². The van der Waals surface area contributed by atoms with Crippen molar-refractivity contribution in [2.45, 2.75) is 12.8 Å². The van der Waals surface area contributed by atoms with Crippen molar-refractivity contribution in [1.29, 1.82) is 0 Å². The Labute approximate surface area is 100 Å². The van der Waals surface area contributed by atoms with E-state index in [1.165, 1.54) is 0 Å². The maximum Gasteiger partial charge on any atom is 0.282 e. The lowest BCUT2D eigenvalue weighted by Gasteiger charge is -2.38. The first kappa shape index (κ1) is 11.5. The predicted octanol–water partition coefficient (Wildman–Crippen LogP) is 2.85. The topological polar surface area (TPSA) is 20.3 Å². The van der Waals surface area contributed by atoms with Gasteiger partial charge in [-0.3, -0.25) is 4.79 Å². The Kier molecular flexibility index (Phi) is 2.74. The van der Waals surface area contributed by atoms with Crippen LogP contribution in [0.15, 0.2) is 22.7 Å². The number of benzene rings is 1. The second-order valence-corrected chi connectivity index (χ2v) is 4.84. The van der Waals surface area contributed by atoms with E-state index >= 15 is 0 Å². The molecule has 0 bridgehead atoms. The van der Waals surface area contributed by atoms with E-state index in [-0.39, 0.29) is 5.91 Å². The molecule has 0 atom stereocenters. The molecule has 0 aromatic heterocycles. The predicted molar refractivity (Wildman–Crippen MR) is 59.7 cm³/mol. The quantitative estimate of drug-likeness (QED) is 0.779. The minimum Gasteiger partial charge on any atom is -0.326 e. The zero-order valence-electron chi connectivity index (χ0n) is 8.64. The van der Waals surface area contributed by atoms with Crippen LogP contribution in [-0.2, 0) is 0 Å². The first-order valence-electron chi connectivity index (χ1n) is 4.82. The van der Waals surface area contributed by atoms with Crippen molar-refractivity contribution in [2.75, 3.05) is 13.1 Å². The minimum absolute atomic E-state index is 0.341. The number of hydrogen-bond donors (Lipinski definition) is 0. The normalized spacial score (nSPS) is 18.1. The van der Waals surface area contributed by atoms with Crippen molar-refractivity contribution in [3.63, 3.8) is 0 Å². The molecule has 1 fully saturated rings. The Hall–Kier alpha value is -0.970. The van der Waals surface area contributed by atoms with Gasteiger partial charge in [0.15, 0.2) is 0 Å². The van der Waals surface area contributed by atoms with E-state index in [4.69, 9.17) is 0 Å². The van der Waals surface area contributed by atoms with Gasteiger partial charge in [0.05, 0.1) is 13.1 Å². The van der Waals surface area contributed by atoms with Crippen LogP contribution < -0.4 is 0 Å². The van der Waals surface area contributed by atoms with Gasteiger partial charge in [-0.1, -0.05) is 22.0 Å². The molecule has 1 heterocycles. The molecule has 2 nitrogen and oxygen atoms in total. The van der Waals surface area contributed by atoms with Crippen LogP contribution in [0.1, 0.15) is 15.9 Å². The van der Waals surface area contributed by atoms with Crippen molar-refractivity contribution in [3.8, 4) is 0 Å². The second kappa shape index (κ2) is 3.80. The summed E-state index contributed by atoms with van der Waals surface area (Å²) in [6, 6.07) is 5.10. The molecule has 1 aliphatic rings. The zero-order chi connectivity index (χ0) is 11.9. The Morgan fingerprint density at radius 1 is 1.44 bits per heavy atom. The van der Waals surface area contributed by atoms with Crippen LogP contribution in [0.5, 0.6) is 0 Å². The summed E-state index contributed by atoms with van der Waals surface area (Å²) in [4.78, 5) is 12.9. The number of rotatable bonds is 1. The summed E-state index contributed by atoms with van der Waals surface area (Å²) < 4.78 is 26.0. The van der Waals surface area contributed by atoms with Crippen molar-refractivity contribution in [1.82, 2.24) is 4.90 Å². The molecule has 0 saturated carbocycles. The lowest BCUT2D eigenvalue weighted by Crippen LogP contribution is -2.58. The van der Waals surface area contributed by atoms with Gasteiger partial charge in [0.2, 0.25) is 0 Å². The highest BCUT2D eigenvalue weighted by atomic mass is 79.9. The monoisotopic (exact) mass is 289 g/mol. The van der Waals surface area contributed by atoms with Crippen LogP contribution in [0.25, 0.3) is 0 Å². The van der Waals surface area contributed by atoms with E-state index < -0.39 is 19.0 Å². The molecule has 0 radical (unpaired) electrons. The van der Waals surface area contributed by atoms with Crippen LogP contribution in [0, 0.1) is 6.92 Å². The summed E-state index contributed by atoms with van der Waals surface area (Å²) in [5.41, 5.74) is 1.44. The SMILES string of the molecule is Cc1ccc(C(=O)N2CC(F)(F)C2)cc1Br. The molecule has 2 rings (SSSR count).